The zero-order valence-electron chi connectivity index (χ0n) is 23.4. The highest BCUT2D eigenvalue weighted by Crippen LogP contribution is 2.35. The van der Waals surface area contributed by atoms with Gasteiger partial charge in [0.15, 0.2) is 10.8 Å². The number of ether oxygens (including phenoxy) is 1. The Morgan fingerprint density at radius 2 is 2.05 bits per heavy atom. The smallest absolute Gasteiger partial charge is 0.274 e. The Morgan fingerprint density at radius 3 is 2.65 bits per heavy atom. The van der Waals surface area contributed by atoms with Gasteiger partial charge in [-0.2, -0.15) is 9.40 Å². The number of para-hydroxylation sites is 1. The number of aryl methyl sites for hydroxylation is 3. The number of carbonyl (C=O) groups is 2. The van der Waals surface area contributed by atoms with Crippen LogP contribution in [0.25, 0.3) is 0 Å². The van der Waals surface area contributed by atoms with Crippen LogP contribution in [0, 0.1) is 12.8 Å². The lowest BCUT2D eigenvalue weighted by Gasteiger charge is -2.38. The van der Waals surface area contributed by atoms with Gasteiger partial charge in [0.25, 0.3) is 21.8 Å². The van der Waals surface area contributed by atoms with Gasteiger partial charge in [-0.3, -0.25) is 14.3 Å². The fraction of sp³-hybridized carbons (Fsp3) is 0.462. The maximum Gasteiger partial charge on any atom is 0.274 e. The van der Waals surface area contributed by atoms with Crippen molar-refractivity contribution in [3.8, 4) is 5.75 Å². The van der Waals surface area contributed by atoms with Gasteiger partial charge in [-0.15, -0.1) is 0 Å². The number of hydrogen-bond donors (Lipinski definition) is 2. The number of hydrogen-bond acceptors (Lipinski definition) is 8. The minimum absolute atomic E-state index is 0.0573. The first kappa shape index (κ1) is 29.2. The van der Waals surface area contributed by atoms with E-state index in [0.29, 0.717) is 11.4 Å². The third kappa shape index (κ3) is 5.74. The second-order valence-corrected chi connectivity index (χ2v) is 12.2. The molecule has 3 atom stereocenters. The van der Waals surface area contributed by atoms with E-state index >= 15 is 0 Å². The largest absolute Gasteiger partial charge is 0.486 e. The molecule has 1 aromatic carbocycles. The molecule has 40 heavy (non-hydrogen) atoms. The van der Waals surface area contributed by atoms with Gasteiger partial charge in [0, 0.05) is 39.8 Å². The predicted octanol–water partition coefficient (Wildman–Crippen LogP) is 1.26. The maximum absolute atomic E-state index is 13.7. The number of fused-ring (bicyclic) bond motifs is 1. The number of sulfonamides is 1. The third-order valence-electron chi connectivity index (χ3n) is 6.97. The van der Waals surface area contributed by atoms with Crippen molar-refractivity contribution >= 4 is 27.5 Å². The lowest BCUT2D eigenvalue weighted by molar-refractivity contribution is 0.0388. The van der Waals surface area contributed by atoms with Gasteiger partial charge >= 0.3 is 0 Å². The van der Waals surface area contributed by atoms with E-state index in [-0.39, 0.29) is 53.5 Å². The summed E-state index contributed by atoms with van der Waals surface area (Å²) in [5.41, 5.74) is 1.42. The van der Waals surface area contributed by atoms with Gasteiger partial charge in [-0.1, -0.05) is 13.0 Å². The fourth-order valence-electron chi connectivity index (χ4n) is 4.60. The molecule has 0 saturated carbocycles. The van der Waals surface area contributed by atoms with E-state index < -0.39 is 28.1 Å². The molecule has 2 aromatic heterocycles. The third-order valence-corrected chi connectivity index (χ3v) is 8.68. The van der Waals surface area contributed by atoms with E-state index in [1.54, 1.807) is 61.7 Å². The van der Waals surface area contributed by atoms with Crippen molar-refractivity contribution < 1.29 is 27.9 Å². The highest BCUT2D eigenvalue weighted by molar-refractivity contribution is 7.89. The van der Waals surface area contributed by atoms with Crippen LogP contribution in [0.3, 0.4) is 0 Å². The summed E-state index contributed by atoms with van der Waals surface area (Å²) in [6.45, 7) is 5.25. The van der Waals surface area contributed by atoms with Gasteiger partial charge in [0.1, 0.15) is 11.8 Å². The molecule has 3 aromatic rings. The summed E-state index contributed by atoms with van der Waals surface area (Å²) in [6, 6.07) is 5.96. The molecule has 0 bridgehead atoms. The first-order valence-electron chi connectivity index (χ1n) is 12.8. The summed E-state index contributed by atoms with van der Waals surface area (Å²) < 4.78 is 37.0. The predicted molar refractivity (Wildman–Crippen MR) is 147 cm³/mol. The summed E-state index contributed by atoms with van der Waals surface area (Å²) in [4.78, 5) is 32.3. The number of rotatable bonds is 8. The van der Waals surface area contributed by atoms with Crippen molar-refractivity contribution in [2.45, 2.75) is 37.9 Å². The van der Waals surface area contributed by atoms with Crippen LogP contribution in [0.2, 0.25) is 0 Å². The number of aromatic nitrogens is 4. The molecule has 3 heterocycles. The minimum Gasteiger partial charge on any atom is -0.486 e. The zero-order chi connectivity index (χ0) is 29.4. The Kier molecular flexibility index (Phi) is 8.33. The van der Waals surface area contributed by atoms with Crippen LogP contribution >= 0.6 is 0 Å². The van der Waals surface area contributed by atoms with Gasteiger partial charge < -0.3 is 24.6 Å². The summed E-state index contributed by atoms with van der Waals surface area (Å²) in [7, 11) is 0.845. The van der Waals surface area contributed by atoms with Crippen molar-refractivity contribution in [1.82, 2.24) is 28.5 Å². The van der Waals surface area contributed by atoms with Gasteiger partial charge in [0.2, 0.25) is 0 Å². The number of nitrogens with zero attached hydrogens (tertiary/aromatic N) is 6. The van der Waals surface area contributed by atoms with E-state index in [1.165, 1.54) is 28.6 Å². The number of benzene rings is 1. The highest BCUT2D eigenvalue weighted by atomic mass is 32.2. The molecule has 13 nitrogen and oxygen atoms in total. The Balaban J connectivity index is 1.74. The zero-order valence-corrected chi connectivity index (χ0v) is 24.2. The molecule has 0 spiro atoms. The number of imidazole rings is 1. The normalized spacial score (nSPS) is 18.6. The summed E-state index contributed by atoms with van der Waals surface area (Å²) in [5, 5.41) is 16.8. The van der Waals surface area contributed by atoms with Crippen LogP contribution in [0.4, 0.5) is 5.69 Å². The van der Waals surface area contributed by atoms with Crippen molar-refractivity contribution in [2.75, 3.05) is 32.1 Å². The number of aliphatic hydroxyl groups excluding tert-OH is 1. The Labute approximate surface area is 233 Å². The molecule has 1 aliphatic heterocycles. The number of aliphatic hydroxyl groups is 1. The molecule has 0 unspecified atom stereocenters. The van der Waals surface area contributed by atoms with Gasteiger partial charge in [-0.25, -0.2) is 13.4 Å². The molecule has 2 N–H and O–H groups in total. The number of anilines is 1. The molecular weight excluding hydrogens is 538 g/mol. The topological polar surface area (TPSA) is 152 Å². The van der Waals surface area contributed by atoms with Gasteiger partial charge in [0.05, 0.1) is 42.5 Å². The molecule has 0 radical (unpaired) electrons. The number of likely N-dealkylation sites (N-methyl/N-ethyl adjacent to an activating group) is 1. The number of amides is 2. The SMILES string of the molecule is Cc1cc(C(=O)Nc2cccc3c2O[C@@H](CN(C)S(=O)(=O)c2cn(C)cn2)[C@@H](C)CN([C@@H](C)CO)C3=O)n(C)n1. The average molecular weight is 574 g/mol. The Bertz CT molecular complexity index is 1520. The monoisotopic (exact) mass is 573 g/mol. The van der Waals surface area contributed by atoms with E-state index in [9.17, 15) is 23.1 Å². The van der Waals surface area contributed by atoms with E-state index in [2.05, 4.69) is 15.4 Å². The fourth-order valence-corrected chi connectivity index (χ4v) is 5.74. The van der Waals surface area contributed by atoms with Crippen LogP contribution in [0.15, 0.2) is 41.8 Å². The first-order chi connectivity index (χ1) is 18.8. The van der Waals surface area contributed by atoms with Crippen molar-refractivity contribution in [3.05, 3.63) is 53.7 Å². The number of nitrogens with one attached hydrogen (secondary N) is 1. The average Bonchev–Trinajstić information content (AvgIpc) is 3.50. The highest BCUT2D eigenvalue weighted by Gasteiger charge is 2.36. The second kappa shape index (κ2) is 11.4. The van der Waals surface area contributed by atoms with Crippen molar-refractivity contribution in [2.24, 2.45) is 20.0 Å². The molecule has 2 amide bonds. The van der Waals surface area contributed by atoms with Gasteiger partial charge in [-0.05, 0) is 32.0 Å². The standard InChI is InChI=1S/C26H35N7O6S/c1-16-11-33(18(3)14-34)26(36)19-8-7-9-20(28-25(35)21-10-17(2)29-32(21)6)24(19)39-22(16)12-31(5)40(37,38)23-13-30(4)15-27-23/h7-10,13,15-16,18,22,34H,11-12,14H2,1-6H3,(H,28,35)/t16-,18-,22-/m0/s1. The van der Waals surface area contributed by atoms with Crippen LogP contribution < -0.4 is 10.1 Å². The molecule has 1 aliphatic rings. The van der Waals surface area contributed by atoms with Crippen molar-refractivity contribution in [1.29, 1.82) is 0 Å². The number of carbonyl (C=O) groups excluding carboxylic acids is 2. The minimum atomic E-state index is -3.93. The molecule has 0 aliphatic carbocycles. The Hall–Kier alpha value is -3.75. The summed E-state index contributed by atoms with van der Waals surface area (Å²) in [5.74, 6) is -1.05. The quantitative estimate of drug-likeness (QED) is 0.409. The molecule has 0 saturated heterocycles. The molecular formula is C26H35N7O6S. The molecule has 4 rings (SSSR count). The molecule has 14 heteroatoms. The van der Waals surface area contributed by atoms with Crippen molar-refractivity contribution in [3.63, 3.8) is 0 Å². The van der Waals surface area contributed by atoms with E-state index in [4.69, 9.17) is 4.74 Å². The van der Waals surface area contributed by atoms with Crippen LogP contribution in [-0.4, -0.2) is 92.8 Å². The second-order valence-electron chi connectivity index (χ2n) is 10.2. The lowest BCUT2D eigenvalue weighted by Crippen LogP contribution is -2.50. The maximum atomic E-state index is 13.7. The van der Waals surface area contributed by atoms with E-state index in [1.807, 2.05) is 6.92 Å². The van der Waals surface area contributed by atoms with E-state index in [0.717, 1.165) is 0 Å². The molecule has 0 fully saturated rings. The first-order valence-corrected chi connectivity index (χ1v) is 14.2. The van der Waals surface area contributed by atoms with Crippen LogP contribution in [-0.2, 0) is 24.1 Å². The van der Waals surface area contributed by atoms with Crippen LogP contribution in [0.5, 0.6) is 5.75 Å². The summed E-state index contributed by atoms with van der Waals surface area (Å²) >= 11 is 0. The molecule has 216 valence electrons. The summed E-state index contributed by atoms with van der Waals surface area (Å²) in [6.07, 6.45) is 2.10. The lowest BCUT2D eigenvalue weighted by atomic mass is 9.99. The Morgan fingerprint density at radius 1 is 1.32 bits per heavy atom. The van der Waals surface area contributed by atoms with Crippen LogP contribution in [0.1, 0.15) is 40.4 Å².